The van der Waals surface area contributed by atoms with E-state index in [9.17, 15) is 9.59 Å². The molecule has 6 heteroatoms. The lowest BCUT2D eigenvalue weighted by molar-refractivity contribution is -0.123. The molecule has 1 unspecified atom stereocenters. The molecule has 0 radical (unpaired) electrons. The first-order valence-corrected chi connectivity index (χ1v) is 8.21. The quantitative estimate of drug-likeness (QED) is 0.866. The van der Waals surface area contributed by atoms with Crippen LogP contribution in [0.1, 0.15) is 45.4 Å². The lowest BCUT2D eigenvalue weighted by Crippen LogP contribution is -2.30. The van der Waals surface area contributed by atoms with E-state index in [4.69, 9.17) is 4.74 Å². The van der Waals surface area contributed by atoms with E-state index in [1.807, 2.05) is 53.8 Å². The lowest BCUT2D eigenvalue weighted by Gasteiger charge is -2.16. The van der Waals surface area contributed by atoms with Crippen molar-refractivity contribution in [3.8, 4) is 0 Å². The predicted molar refractivity (Wildman–Crippen MR) is 96.8 cm³/mol. The minimum absolute atomic E-state index is 0.380. The molecule has 0 spiro atoms. The van der Waals surface area contributed by atoms with Crippen molar-refractivity contribution in [3.05, 3.63) is 45.8 Å². The van der Waals surface area contributed by atoms with E-state index in [-0.39, 0.29) is 5.91 Å². The number of hydrogen-bond donors (Lipinski definition) is 1. The summed E-state index contributed by atoms with van der Waals surface area (Å²) >= 11 is 0. The summed E-state index contributed by atoms with van der Waals surface area (Å²) in [5.41, 5.74) is 5.49. The molecule has 25 heavy (non-hydrogen) atoms. The van der Waals surface area contributed by atoms with Crippen molar-refractivity contribution < 1.29 is 14.3 Å². The van der Waals surface area contributed by atoms with Gasteiger partial charge in [0.1, 0.15) is 0 Å². The Morgan fingerprint density at radius 1 is 1.12 bits per heavy atom. The molecule has 0 saturated carbocycles. The number of esters is 1. The van der Waals surface area contributed by atoms with Crippen LogP contribution in [0.5, 0.6) is 0 Å². The topological polar surface area (TPSA) is 73.2 Å². The number of carbonyl (C=O) groups is 2. The van der Waals surface area contributed by atoms with Crippen LogP contribution in [0, 0.1) is 34.6 Å². The zero-order valence-corrected chi connectivity index (χ0v) is 15.9. The molecule has 134 valence electrons. The zero-order valence-electron chi connectivity index (χ0n) is 15.9. The van der Waals surface area contributed by atoms with E-state index in [2.05, 4.69) is 10.4 Å². The molecule has 0 bridgehead atoms. The highest BCUT2D eigenvalue weighted by Gasteiger charge is 2.23. The molecule has 1 atom stereocenters. The van der Waals surface area contributed by atoms with Gasteiger partial charge in [0.2, 0.25) is 0 Å². The standard InChI is InChI=1S/C19H25N3O3/c1-10-8-11(2)16(12(3)9-10)19(24)25-15(6)18(23)20-17-13(4)21-22(7)14(17)5/h8-9,15H,1-7H3,(H,20,23). The maximum atomic E-state index is 12.5. The van der Waals surface area contributed by atoms with E-state index in [0.717, 1.165) is 28.1 Å². The third-order valence-electron chi connectivity index (χ3n) is 4.29. The Morgan fingerprint density at radius 2 is 1.68 bits per heavy atom. The van der Waals surface area contributed by atoms with E-state index < -0.39 is 12.1 Å². The van der Waals surface area contributed by atoms with Gasteiger partial charge in [-0.05, 0) is 52.7 Å². The second kappa shape index (κ2) is 7.09. The van der Waals surface area contributed by atoms with E-state index >= 15 is 0 Å². The van der Waals surface area contributed by atoms with Gasteiger partial charge in [-0.2, -0.15) is 5.10 Å². The maximum Gasteiger partial charge on any atom is 0.339 e. The molecule has 0 aliphatic carbocycles. The molecule has 1 heterocycles. The second-order valence-corrected chi connectivity index (χ2v) is 6.48. The molecule has 1 N–H and O–H groups in total. The Bertz CT molecular complexity index is 814. The fraction of sp³-hybridized carbons (Fsp3) is 0.421. The molecular weight excluding hydrogens is 318 g/mol. The Labute approximate surface area is 148 Å². The number of ether oxygens (including phenoxy) is 1. The second-order valence-electron chi connectivity index (χ2n) is 6.48. The molecule has 6 nitrogen and oxygen atoms in total. The fourth-order valence-corrected chi connectivity index (χ4v) is 2.95. The average Bonchev–Trinajstić information content (AvgIpc) is 2.72. The van der Waals surface area contributed by atoms with Crippen molar-refractivity contribution in [2.45, 2.75) is 47.6 Å². The summed E-state index contributed by atoms with van der Waals surface area (Å²) in [4.78, 5) is 24.9. The first-order chi connectivity index (χ1) is 11.6. The van der Waals surface area contributed by atoms with Gasteiger partial charge >= 0.3 is 5.97 Å². The highest BCUT2D eigenvalue weighted by Crippen LogP contribution is 2.20. The van der Waals surface area contributed by atoms with Crippen LogP contribution in [0.25, 0.3) is 0 Å². The van der Waals surface area contributed by atoms with Crippen LogP contribution in [0.15, 0.2) is 12.1 Å². The number of amides is 1. The molecule has 1 amide bonds. The fourth-order valence-electron chi connectivity index (χ4n) is 2.95. The molecular formula is C19H25N3O3. The summed E-state index contributed by atoms with van der Waals surface area (Å²) in [5, 5.41) is 7.05. The van der Waals surface area contributed by atoms with E-state index in [1.54, 1.807) is 11.6 Å². The first kappa shape index (κ1) is 18.7. The van der Waals surface area contributed by atoms with Gasteiger partial charge in [-0.25, -0.2) is 4.79 Å². The van der Waals surface area contributed by atoms with Gasteiger partial charge in [-0.15, -0.1) is 0 Å². The maximum absolute atomic E-state index is 12.5. The minimum Gasteiger partial charge on any atom is -0.449 e. The lowest BCUT2D eigenvalue weighted by atomic mass is 10.00. The largest absolute Gasteiger partial charge is 0.449 e. The number of nitrogens with one attached hydrogen (secondary N) is 1. The number of carbonyl (C=O) groups excluding carboxylic acids is 2. The normalized spacial score (nSPS) is 12.0. The van der Waals surface area contributed by atoms with Crippen LogP contribution in [-0.2, 0) is 16.6 Å². The van der Waals surface area contributed by atoms with Crippen LogP contribution < -0.4 is 5.32 Å². The summed E-state index contributed by atoms with van der Waals surface area (Å²) in [6.07, 6.45) is -0.911. The molecule has 0 fully saturated rings. The summed E-state index contributed by atoms with van der Waals surface area (Å²) < 4.78 is 7.08. The summed E-state index contributed by atoms with van der Waals surface area (Å²) in [7, 11) is 1.81. The SMILES string of the molecule is Cc1cc(C)c(C(=O)OC(C)C(=O)Nc2c(C)nn(C)c2C)c(C)c1. The Morgan fingerprint density at radius 3 is 2.16 bits per heavy atom. The van der Waals surface area contributed by atoms with Crippen LogP contribution in [-0.4, -0.2) is 27.8 Å². The van der Waals surface area contributed by atoms with E-state index in [1.165, 1.54) is 0 Å². The Kier molecular flexibility index (Phi) is 5.30. The summed E-state index contributed by atoms with van der Waals surface area (Å²) in [6.45, 7) is 11.0. The van der Waals surface area contributed by atoms with Crippen molar-refractivity contribution in [2.24, 2.45) is 7.05 Å². The smallest absolute Gasteiger partial charge is 0.339 e. The average molecular weight is 343 g/mol. The number of hydrogen-bond acceptors (Lipinski definition) is 4. The van der Waals surface area contributed by atoms with Gasteiger partial charge in [0, 0.05) is 7.05 Å². The van der Waals surface area contributed by atoms with Crippen LogP contribution in [0.4, 0.5) is 5.69 Å². The highest BCUT2D eigenvalue weighted by molar-refractivity contribution is 5.99. The van der Waals surface area contributed by atoms with Gasteiger partial charge in [-0.3, -0.25) is 9.48 Å². The number of rotatable bonds is 4. The first-order valence-electron chi connectivity index (χ1n) is 8.21. The van der Waals surface area contributed by atoms with E-state index in [0.29, 0.717) is 11.3 Å². The summed E-state index contributed by atoms with van der Waals surface area (Å²) in [6, 6.07) is 3.85. The Hall–Kier alpha value is -2.63. The van der Waals surface area contributed by atoms with Gasteiger partial charge < -0.3 is 10.1 Å². The molecule has 1 aromatic carbocycles. The number of nitrogens with zero attached hydrogens (tertiary/aromatic N) is 2. The molecule has 0 aliphatic rings. The molecule has 0 aliphatic heterocycles. The minimum atomic E-state index is -0.911. The molecule has 2 rings (SSSR count). The molecule has 0 saturated heterocycles. The number of benzene rings is 1. The number of anilines is 1. The predicted octanol–water partition coefficient (Wildman–Crippen LogP) is 3.15. The summed E-state index contributed by atoms with van der Waals surface area (Å²) in [5.74, 6) is -0.868. The van der Waals surface area contributed by atoms with Crippen molar-refractivity contribution in [2.75, 3.05) is 5.32 Å². The molecule has 1 aromatic heterocycles. The third kappa shape index (κ3) is 3.90. The van der Waals surface area contributed by atoms with Crippen molar-refractivity contribution in [1.29, 1.82) is 0 Å². The van der Waals surface area contributed by atoms with Gasteiger partial charge in [0.15, 0.2) is 6.10 Å². The van der Waals surface area contributed by atoms with Gasteiger partial charge in [0.05, 0.1) is 22.6 Å². The van der Waals surface area contributed by atoms with Crippen molar-refractivity contribution in [1.82, 2.24) is 9.78 Å². The van der Waals surface area contributed by atoms with Crippen molar-refractivity contribution >= 4 is 17.6 Å². The van der Waals surface area contributed by atoms with Crippen molar-refractivity contribution in [3.63, 3.8) is 0 Å². The van der Waals surface area contributed by atoms with Gasteiger partial charge in [0.25, 0.3) is 5.91 Å². The van der Waals surface area contributed by atoms with Crippen LogP contribution in [0.2, 0.25) is 0 Å². The number of aromatic nitrogens is 2. The van der Waals surface area contributed by atoms with Gasteiger partial charge in [-0.1, -0.05) is 17.7 Å². The van der Waals surface area contributed by atoms with Crippen LogP contribution in [0.3, 0.4) is 0 Å². The molecule has 2 aromatic rings. The number of aryl methyl sites for hydroxylation is 5. The van der Waals surface area contributed by atoms with Crippen LogP contribution >= 0.6 is 0 Å². The highest BCUT2D eigenvalue weighted by atomic mass is 16.5. The monoisotopic (exact) mass is 343 g/mol. The third-order valence-corrected chi connectivity index (χ3v) is 4.29. The Balaban J connectivity index is 2.12. The zero-order chi connectivity index (χ0) is 18.9.